The van der Waals surface area contributed by atoms with Crippen LogP contribution in [-0.4, -0.2) is 11.6 Å². The minimum absolute atomic E-state index is 0.0563. The van der Waals surface area contributed by atoms with Crippen molar-refractivity contribution >= 4 is 22.9 Å². The first-order valence-corrected chi connectivity index (χ1v) is 7.62. The standard InChI is InChI=1S/C14H13ClFNO2S/c15-10-3-1-4-11(13(10)16)19-7-9-8-20-14(17-9)12-5-2-6-18-12/h1,3-4,8,12H,2,5-7H2. The molecular weight excluding hydrogens is 301 g/mol. The second kappa shape index (κ2) is 6.08. The van der Waals surface area contributed by atoms with Gasteiger partial charge >= 0.3 is 0 Å². The Labute approximate surface area is 125 Å². The fraction of sp³-hybridized carbons (Fsp3) is 0.357. The SMILES string of the molecule is Fc1c(Cl)cccc1OCc1csc(C2CCCO2)n1. The first kappa shape index (κ1) is 13.8. The van der Waals surface area contributed by atoms with Crippen molar-refractivity contribution in [2.75, 3.05) is 6.61 Å². The molecule has 0 saturated carbocycles. The van der Waals surface area contributed by atoms with Crippen LogP contribution in [0, 0.1) is 5.82 Å². The summed E-state index contributed by atoms with van der Waals surface area (Å²) in [6.07, 6.45) is 2.19. The molecule has 20 heavy (non-hydrogen) atoms. The molecule has 0 bridgehead atoms. The van der Waals surface area contributed by atoms with Crippen LogP contribution in [0.4, 0.5) is 4.39 Å². The van der Waals surface area contributed by atoms with Gasteiger partial charge in [0.25, 0.3) is 0 Å². The molecular formula is C14H13ClFNO2S. The minimum Gasteiger partial charge on any atom is -0.484 e. The predicted molar refractivity (Wildman–Crippen MR) is 75.8 cm³/mol. The summed E-state index contributed by atoms with van der Waals surface area (Å²) in [5.41, 5.74) is 0.778. The molecule has 2 aromatic rings. The quantitative estimate of drug-likeness (QED) is 0.840. The van der Waals surface area contributed by atoms with Crippen molar-refractivity contribution in [2.45, 2.75) is 25.6 Å². The van der Waals surface area contributed by atoms with Gasteiger partial charge in [-0.1, -0.05) is 17.7 Å². The van der Waals surface area contributed by atoms with Crippen LogP contribution in [0.2, 0.25) is 5.02 Å². The maximum absolute atomic E-state index is 13.7. The van der Waals surface area contributed by atoms with E-state index < -0.39 is 5.82 Å². The Hall–Kier alpha value is -1.17. The molecule has 1 saturated heterocycles. The molecule has 0 spiro atoms. The molecule has 0 radical (unpaired) electrons. The average molecular weight is 314 g/mol. The number of rotatable bonds is 4. The maximum Gasteiger partial charge on any atom is 0.183 e. The van der Waals surface area contributed by atoms with Crippen LogP contribution in [0.5, 0.6) is 5.75 Å². The third-order valence-corrected chi connectivity index (χ3v) is 4.34. The summed E-state index contributed by atoms with van der Waals surface area (Å²) < 4.78 is 24.7. The van der Waals surface area contributed by atoms with E-state index >= 15 is 0 Å². The average Bonchev–Trinajstić information content (AvgIpc) is 3.10. The summed E-state index contributed by atoms with van der Waals surface area (Å²) in [5.74, 6) is -0.395. The second-order valence-corrected chi connectivity index (χ2v) is 5.82. The Kier molecular flexibility index (Phi) is 4.19. The summed E-state index contributed by atoms with van der Waals surface area (Å²) in [6.45, 7) is 1.02. The highest BCUT2D eigenvalue weighted by atomic mass is 35.5. The lowest BCUT2D eigenvalue weighted by atomic mass is 10.2. The van der Waals surface area contributed by atoms with E-state index in [1.165, 1.54) is 6.07 Å². The molecule has 1 aromatic heterocycles. The van der Waals surface area contributed by atoms with E-state index in [-0.39, 0.29) is 23.5 Å². The zero-order chi connectivity index (χ0) is 13.9. The lowest BCUT2D eigenvalue weighted by molar-refractivity contribution is 0.111. The summed E-state index contributed by atoms with van der Waals surface area (Å²) in [4.78, 5) is 4.47. The Bertz CT molecular complexity index is 599. The molecule has 6 heteroatoms. The van der Waals surface area contributed by atoms with Crippen LogP contribution in [0.15, 0.2) is 23.6 Å². The third-order valence-electron chi connectivity index (χ3n) is 3.07. The third kappa shape index (κ3) is 2.95. The smallest absolute Gasteiger partial charge is 0.183 e. The molecule has 3 rings (SSSR count). The molecule has 1 fully saturated rings. The summed E-state index contributed by atoms with van der Waals surface area (Å²) >= 11 is 7.25. The van der Waals surface area contributed by atoms with Gasteiger partial charge in [0.1, 0.15) is 17.7 Å². The zero-order valence-corrected chi connectivity index (χ0v) is 12.2. The van der Waals surface area contributed by atoms with Crippen LogP contribution in [-0.2, 0) is 11.3 Å². The second-order valence-electron chi connectivity index (χ2n) is 4.52. The van der Waals surface area contributed by atoms with Crippen molar-refractivity contribution in [3.8, 4) is 5.75 Å². The van der Waals surface area contributed by atoms with Crippen molar-refractivity contribution in [1.29, 1.82) is 0 Å². The fourth-order valence-corrected chi connectivity index (χ4v) is 3.11. The summed E-state index contributed by atoms with van der Waals surface area (Å²) in [7, 11) is 0. The van der Waals surface area contributed by atoms with Crippen molar-refractivity contribution in [2.24, 2.45) is 0 Å². The first-order chi connectivity index (χ1) is 9.74. The Morgan fingerprint density at radius 3 is 3.20 bits per heavy atom. The molecule has 0 N–H and O–H groups in total. The van der Waals surface area contributed by atoms with Crippen LogP contribution in [0.1, 0.15) is 29.6 Å². The van der Waals surface area contributed by atoms with Gasteiger partial charge in [0.15, 0.2) is 11.6 Å². The molecule has 106 valence electrons. The van der Waals surface area contributed by atoms with Crippen molar-refractivity contribution < 1.29 is 13.9 Å². The fourth-order valence-electron chi connectivity index (χ4n) is 2.06. The molecule has 0 amide bonds. The van der Waals surface area contributed by atoms with E-state index in [4.69, 9.17) is 21.1 Å². The molecule has 1 atom stereocenters. The van der Waals surface area contributed by atoms with Crippen molar-refractivity contribution in [3.05, 3.63) is 45.1 Å². The van der Waals surface area contributed by atoms with E-state index in [1.807, 2.05) is 5.38 Å². The molecule has 0 aliphatic carbocycles. The van der Waals surface area contributed by atoms with Gasteiger partial charge in [0.2, 0.25) is 0 Å². The lowest BCUT2D eigenvalue weighted by Crippen LogP contribution is -2.00. The highest BCUT2D eigenvalue weighted by Crippen LogP contribution is 2.31. The first-order valence-electron chi connectivity index (χ1n) is 6.37. The molecule has 1 aliphatic heterocycles. The Balaban J connectivity index is 1.65. The normalized spacial score (nSPS) is 18.4. The number of benzene rings is 1. The van der Waals surface area contributed by atoms with E-state index in [9.17, 15) is 4.39 Å². The number of hydrogen-bond donors (Lipinski definition) is 0. The van der Waals surface area contributed by atoms with Crippen LogP contribution in [0.3, 0.4) is 0 Å². The number of aromatic nitrogens is 1. The lowest BCUT2D eigenvalue weighted by Gasteiger charge is -2.06. The van der Waals surface area contributed by atoms with Gasteiger partial charge in [0, 0.05) is 12.0 Å². The van der Waals surface area contributed by atoms with Gasteiger partial charge in [-0.15, -0.1) is 11.3 Å². The highest BCUT2D eigenvalue weighted by molar-refractivity contribution is 7.09. The van der Waals surface area contributed by atoms with Crippen LogP contribution < -0.4 is 4.74 Å². The molecule has 2 heterocycles. The number of halogens is 2. The van der Waals surface area contributed by atoms with Crippen molar-refractivity contribution in [1.82, 2.24) is 4.98 Å². The van der Waals surface area contributed by atoms with Gasteiger partial charge in [-0.05, 0) is 25.0 Å². The predicted octanol–water partition coefficient (Wildman–Crippen LogP) is 4.37. The summed E-state index contributed by atoms with van der Waals surface area (Å²) in [5, 5.41) is 2.94. The Morgan fingerprint density at radius 2 is 2.40 bits per heavy atom. The Morgan fingerprint density at radius 1 is 1.50 bits per heavy atom. The molecule has 1 aromatic carbocycles. The highest BCUT2D eigenvalue weighted by Gasteiger charge is 2.21. The van der Waals surface area contributed by atoms with Gasteiger partial charge in [-0.25, -0.2) is 9.37 Å². The van der Waals surface area contributed by atoms with Crippen molar-refractivity contribution in [3.63, 3.8) is 0 Å². The van der Waals surface area contributed by atoms with Crippen LogP contribution >= 0.6 is 22.9 Å². The number of thiazole rings is 1. The minimum atomic E-state index is -0.538. The van der Waals surface area contributed by atoms with E-state index in [0.717, 1.165) is 30.2 Å². The van der Waals surface area contributed by atoms with E-state index in [0.29, 0.717) is 0 Å². The van der Waals surface area contributed by atoms with E-state index in [1.54, 1.807) is 23.5 Å². The number of nitrogens with zero attached hydrogens (tertiary/aromatic N) is 1. The van der Waals surface area contributed by atoms with Gasteiger partial charge in [-0.3, -0.25) is 0 Å². The van der Waals surface area contributed by atoms with Gasteiger partial charge in [0.05, 0.1) is 10.7 Å². The van der Waals surface area contributed by atoms with Gasteiger partial charge < -0.3 is 9.47 Å². The zero-order valence-electron chi connectivity index (χ0n) is 10.6. The van der Waals surface area contributed by atoms with Gasteiger partial charge in [-0.2, -0.15) is 0 Å². The monoisotopic (exact) mass is 313 g/mol. The number of hydrogen-bond acceptors (Lipinski definition) is 4. The maximum atomic E-state index is 13.7. The van der Waals surface area contributed by atoms with Crippen LogP contribution in [0.25, 0.3) is 0 Å². The molecule has 1 unspecified atom stereocenters. The number of ether oxygens (including phenoxy) is 2. The largest absolute Gasteiger partial charge is 0.484 e. The molecule has 1 aliphatic rings. The summed E-state index contributed by atoms with van der Waals surface area (Å²) in [6, 6.07) is 4.69. The topological polar surface area (TPSA) is 31.4 Å². The molecule has 3 nitrogen and oxygen atoms in total. The van der Waals surface area contributed by atoms with E-state index in [2.05, 4.69) is 4.98 Å².